The molecule has 4 aromatic rings. The molecule has 0 bridgehead atoms. The smallest absolute Gasteiger partial charge is 0.247 e. The molecule has 10 heteroatoms. The maximum absolute atomic E-state index is 12.3. The first-order chi connectivity index (χ1) is 18.5. The van der Waals surface area contributed by atoms with Gasteiger partial charge in [0.05, 0.1) is 29.7 Å². The maximum Gasteiger partial charge on any atom is 0.247 e. The summed E-state index contributed by atoms with van der Waals surface area (Å²) in [5, 5.41) is 7.27. The normalized spacial score (nSPS) is 13.3. The lowest BCUT2D eigenvalue weighted by Crippen LogP contribution is -2.48. The summed E-state index contributed by atoms with van der Waals surface area (Å²) < 4.78 is 7.71. The predicted octanol–water partition coefficient (Wildman–Crippen LogP) is 3.97. The van der Waals surface area contributed by atoms with E-state index in [0.29, 0.717) is 55.1 Å². The SMILES string of the molecule is C=CC(=O)Nc1cc(Nc2nccc(-n3ccc4ccccc43)n2)c(OC)cc1N1CCN(C(C)=O)CC1. The number of piperazine rings is 1. The largest absolute Gasteiger partial charge is 0.494 e. The minimum Gasteiger partial charge on any atom is -0.494 e. The fraction of sp³-hybridized carbons (Fsp3) is 0.214. The molecule has 10 nitrogen and oxygen atoms in total. The van der Waals surface area contributed by atoms with Gasteiger partial charge in [-0.05, 0) is 35.7 Å². The van der Waals surface area contributed by atoms with Gasteiger partial charge in [0.2, 0.25) is 17.8 Å². The number of aromatic nitrogens is 3. The lowest BCUT2D eigenvalue weighted by Gasteiger charge is -2.36. The van der Waals surface area contributed by atoms with Crippen LogP contribution in [0.15, 0.2) is 73.6 Å². The van der Waals surface area contributed by atoms with E-state index in [9.17, 15) is 9.59 Å². The molecule has 0 radical (unpaired) electrons. The summed E-state index contributed by atoms with van der Waals surface area (Å²) in [4.78, 5) is 37.1. The molecule has 2 aromatic carbocycles. The molecule has 1 saturated heterocycles. The summed E-state index contributed by atoms with van der Waals surface area (Å²) in [6, 6.07) is 15.6. The van der Waals surface area contributed by atoms with Crippen molar-refractivity contribution < 1.29 is 14.3 Å². The number of carbonyl (C=O) groups is 2. The molecule has 38 heavy (non-hydrogen) atoms. The number of nitrogens with zero attached hydrogens (tertiary/aromatic N) is 5. The van der Waals surface area contributed by atoms with Crippen molar-refractivity contribution in [3.05, 3.63) is 73.6 Å². The van der Waals surface area contributed by atoms with Crippen molar-refractivity contribution in [3.63, 3.8) is 0 Å². The van der Waals surface area contributed by atoms with Crippen molar-refractivity contribution in [1.29, 1.82) is 0 Å². The van der Waals surface area contributed by atoms with Crippen LogP contribution in [-0.4, -0.2) is 64.5 Å². The number of amides is 2. The van der Waals surface area contributed by atoms with Crippen molar-refractivity contribution in [2.75, 3.05) is 48.8 Å². The Bertz CT molecular complexity index is 1510. The molecule has 194 valence electrons. The zero-order valence-electron chi connectivity index (χ0n) is 21.3. The highest BCUT2D eigenvalue weighted by atomic mass is 16.5. The van der Waals surface area contributed by atoms with Crippen molar-refractivity contribution in [1.82, 2.24) is 19.4 Å². The Morgan fingerprint density at radius 3 is 2.58 bits per heavy atom. The fourth-order valence-corrected chi connectivity index (χ4v) is 4.59. The summed E-state index contributed by atoms with van der Waals surface area (Å²) in [7, 11) is 1.59. The first-order valence-corrected chi connectivity index (χ1v) is 12.3. The standard InChI is InChI=1S/C28H29N7O3/c1-4-27(37)30-21-17-22(25(38-3)18-24(21)34-15-13-33(14-16-34)19(2)36)31-28-29-11-9-26(32-28)35-12-10-20-7-5-6-8-23(20)35/h4-12,17-18H,1,13-16H2,2-3H3,(H,30,37)(H,29,31,32). The summed E-state index contributed by atoms with van der Waals surface area (Å²) in [6.45, 7) is 7.60. The van der Waals surface area contributed by atoms with Crippen molar-refractivity contribution in [3.8, 4) is 11.6 Å². The van der Waals surface area contributed by atoms with Crippen molar-refractivity contribution in [2.45, 2.75) is 6.92 Å². The topological polar surface area (TPSA) is 105 Å². The minimum atomic E-state index is -0.331. The molecule has 0 spiro atoms. The van der Waals surface area contributed by atoms with Crippen LogP contribution >= 0.6 is 0 Å². The van der Waals surface area contributed by atoms with Gasteiger partial charge in [-0.15, -0.1) is 0 Å². The Labute approximate surface area is 220 Å². The highest BCUT2D eigenvalue weighted by Gasteiger charge is 2.23. The van der Waals surface area contributed by atoms with E-state index in [1.165, 1.54) is 6.08 Å². The number of benzene rings is 2. The number of ether oxygens (including phenoxy) is 1. The molecule has 0 aliphatic carbocycles. The minimum absolute atomic E-state index is 0.0529. The van der Waals surface area contributed by atoms with Crippen LogP contribution in [0.3, 0.4) is 0 Å². The molecule has 2 amide bonds. The molecule has 1 aliphatic heterocycles. The number of anilines is 4. The number of carbonyl (C=O) groups excluding carboxylic acids is 2. The summed E-state index contributed by atoms with van der Waals surface area (Å²) >= 11 is 0. The second-order valence-corrected chi connectivity index (χ2v) is 8.86. The summed E-state index contributed by atoms with van der Waals surface area (Å²) in [5.74, 6) is 1.37. The monoisotopic (exact) mass is 511 g/mol. The average Bonchev–Trinajstić information content (AvgIpc) is 3.38. The van der Waals surface area contributed by atoms with Gasteiger partial charge < -0.3 is 29.7 Å². The van der Waals surface area contributed by atoms with Crippen LogP contribution in [0.1, 0.15) is 6.92 Å². The van der Waals surface area contributed by atoms with Gasteiger partial charge in [-0.1, -0.05) is 24.8 Å². The van der Waals surface area contributed by atoms with Gasteiger partial charge in [-0.2, -0.15) is 4.98 Å². The van der Waals surface area contributed by atoms with Gasteiger partial charge in [0, 0.05) is 51.6 Å². The van der Waals surface area contributed by atoms with Gasteiger partial charge >= 0.3 is 0 Å². The number of fused-ring (bicyclic) bond motifs is 1. The highest BCUT2D eigenvalue weighted by Crippen LogP contribution is 2.38. The van der Waals surface area contributed by atoms with E-state index in [1.54, 1.807) is 26.3 Å². The highest BCUT2D eigenvalue weighted by molar-refractivity contribution is 6.02. The molecule has 5 rings (SSSR count). The molecule has 0 unspecified atom stereocenters. The van der Waals surface area contributed by atoms with Crippen LogP contribution in [0, 0.1) is 0 Å². The lowest BCUT2D eigenvalue weighted by atomic mass is 10.1. The van der Waals surface area contributed by atoms with Gasteiger partial charge in [0.1, 0.15) is 11.6 Å². The number of hydrogen-bond donors (Lipinski definition) is 2. The van der Waals surface area contributed by atoms with E-state index in [1.807, 2.05) is 52.1 Å². The number of rotatable bonds is 7. The van der Waals surface area contributed by atoms with Crippen LogP contribution in [0.5, 0.6) is 5.75 Å². The third-order valence-electron chi connectivity index (χ3n) is 6.56. The molecular formula is C28H29N7O3. The molecule has 2 aromatic heterocycles. The zero-order valence-corrected chi connectivity index (χ0v) is 21.3. The molecule has 0 atom stereocenters. The van der Waals surface area contributed by atoms with E-state index in [4.69, 9.17) is 9.72 Å². The van der Waals surface area contributed by atoms with Gasteiger partial charge in [0.25, 0.3) is 0 Å². The lowest BCUT2D eigenvalue weighted by molar-refractivity contribution is -0.129. The third-order valence-corrected chi connectivity index (χ3v) is 6.56. The molecule has 3 heterocycles. The first kappa shape index (κ1) is 24.8. The molecular weight excluding hydrogens is 482 g/mol. The molecule has 2 N–H and O–H groups in total. The predicted molar refractivity (Wildman–Crippen MR) is 148 cm³/mol. The molecule has 1 fully saturated rings. The Morgan fingerprint density at radius 1 is 1.05 bits per heavy atom. The van der Waals surface area contributed by atoms with Crippen LogP contribution in [-0.2, 0) is 9.59 Å². The van der Waals surface area contributed by atoms with Crippen LogP contribution in [0.2, 0.25) is 0 Å². The van der Waals surface area contributed by atoms with Gasteiger partial charge in [-0.3, -0.25) is 9.59 Å². The number of nitrogens with one attached hydrogen (secondary N) is 2. The van der Waals surface area contributed by atoms with Gasteiger partial charge in [-0.25, -0.2) is 4.98 Å². The fourth-order valence-electron chi connectivity index (χ4n) is 4.59. The van der Waals surface area contributed by atoms with Crippen LogP contribution in [0.25, 0.3) is 16.7 Å². The third kappa shape index (κ3) is 5.01. The van der Waals surface area contributed by atoms with Crippen molar-refractivity contribution in [2.24, 2.45) is 0 Å². The van der Waals surface area contributed by atoms with E-state index in [0.717, 1.165) is 16.6 Å². The van der Waals surface area contributed by atoms with Crippen molar-refractivity contribution >= 4 is 45.7 Å². The number of hydrogen-bond acceptors (Lipinski definition) is 7. The Hall–Kier alpha value is -4.86. The Kier molecular flexibility index (Phi) is 6.94. The Morgan fingerprint density at radius 2 is 1.84 bits per heavy atom. The average molecular weight is 512 g/mol. The van der Waals surface area contributed by atoms with E-state index in [2.05, 4.69) is 33.2 Å². The molecule has 0 saturated carbocycles. The number of para-hydroxylation sites is 1. The first-order valence-electron chi connectivity index (χ1n) is 12.3. The second-order valence-electron chi connectivity index (χ2n) is 8.86. The maximum atomic E-state index is 12.3. The van der Waals surface area contributed by atoms with Crippen LogP contribution in [0.4, 0.5) is 23.0 Å². The van der Waals surface area contributed by atoms with Gasteiger partial charge in [0.15, 0.2) is 0 Å². The Balaban J connectivity index is 1.47. The second kappa shape index (κ2) is 10.6. The number of methoxy groups -OCH3 is 1. The van der Waals surface area contributed by atoms with E-state index < -0.39 is 0 Å². The van der Waals surface area contributed by atoms with Crippen LogP contribution < -0.4 is 20.3 Å². The van der Waals surface area contributed by atoms with E-state index in [-0.39, 0.29) is 11.8 Å². The summed E-state index contributed by atoms with van der Waals surface area (Å²) in [6.07, 6.45) is 4.89. The zero-order chi connectivity index (χ0) is 26.6. The van der Waals surface area contributed by atoms with E-state index >= 15 is 0 Å². The quantitative estimate of drug-likeness (QED) is 0.362. The summed E-state index contributed by atoms with van der Waals surface area (Å²) in [5.41, 5.74) is 3.01. The molecule has 1 aliphatic rings.